The van der Waals surface area contributed by atoms with Crippen molar-refractivity contribution in [3.63, 3.8) is 0 Å². The first-order valence-electron chi connectivity index (χ1n) is 7.61. The number of unbranched alkanes of at least 4 members (excludes halogenated alkanes) is 2. The highest BCUT2D eigenvalue weighted by Crippen LogP contribution is 2.26. The SMILES string of the molecule is CCCCC[C@@H]1C[C@H](COCc2ccccc2)OC1=O. The van der Waals surface area contributed by atoms with Crippen molar-refractivity contribution in [3.05, 3.63) is 35.9 Å². The predicted octanol–water partition coefficient (Wildman–Crippen LogP) is 3.72. The Morgan fingerprint density at radius 1 is 1.25 bits per heavy atom. The zero-order chi connectivity index (χ0) is 14.2. The fourth-order valence-corrected chi connectivity index (χ4v) is 2.58. The third-order valence-electron chi connectivity index (χ3n) is 3.73. The largest absolute Gasteiger partial charge is 0.460 e. The molecule has 1 aromatic rings. The molecule has 2 rings (SSSR count). The van der Waals surface area contributed by atoms with Crippen molar-refractivity contribution in [2.24, 2.45) is 5.92 Å². The van der Waals surface area contributed by atoms with Gasteiger partial charge in [-0.2, -0.15) is 0 Å². The number of hydrogen-bond acceptors (Lipinski definition) is 3. The average Bonchev–Trinajstić information content (AvgIpc) is 2.81. The maximum absolute atomic E-state index is 11.7. The van der Waals surface area contributed by atoms with Gasteiger partial charge in [-0.15, -0.1) is 0 Å². The molecular formula is C17H24O3. The minimum atomic E-state index is -0.0576. The van der Waals surface area contributed by atoms with Gasteiger partial charge in [0.1, 0.15) is 6.10 Å². The van der Waals surface area contributed by atoms with Crippen LogP contribution in [0.1, 0.15) is 44.6 Å². The lowest BCUT2D eigenvalue weighted by atomic mass is 9.98. The van der Waals surface area contributed by atoms with Gasteiger partial charge in [-0.3, -0.25) is 4.79 Å². The molecule has 1 aromatic carbocycles. The number of carbonyl (C=O) groups is 1. The van der Waals surface area contributed by atoms with Crippen LogP contribution in [0.4, 0.5) is 0 Å². The average molecular weight is 276 g/mol. The van der Waals surface area contributed by atoms with E-state index in [4.69, 9.17) is 9.47 Å². The van der Waals surface area contributed by atoms with Gasteiger partial charge in [0.15, 0.2) is 0 Å². The van der Waals surface area contributed by atoms with Crippen molar-refractivity contribution in [2.45, 2.75) is 51.7 Å². The van der Waals surface area contributed by atoms with Crippen LogP contribution in [-0.4, -0.2) is 18.7 Å². The molecule has 1 aliphatic heterocycles. The summed E-state index contributed by atoms with van der Waals surface area (Å²) in [6.07, 6.45) is 5.22. The number of benzene rings is 1. The Kier molecular flexibility index (Phi) is 6.06. The van der Waals surface area contributed by atoms with Crippen LogP contribution in [0, 0.1) is 5.92 Å². The first-order chi connectivity index (χ1) is 9.79. The fourth-order valence-electron chi connectivity index (χ4n) is 2.58. The normalized spacial score (nSPS) is 21.9. The quantitative estimate of drug-likeness (QED) is 0.536. The van der Waals surface area contributed by atoms with Gasteiger partial charge in [0.05, 0.1) is 19.1 Å². The molecule has 1 aliphatic rings. The minimum absolute atomic E-state index is 0.0329. The van der Waals surface area contributed by atoms with E-state index >= 15 is 0 Å². The summed E-state index contributed by atoms with van der Waals surface area (Å²) in [6, 6.07) is 10.1. The Labute approximate surface area is 121 Å². The zero-order valence-electron chi connectivity index (χ0n) is 12.2. The monoisotopic (exact) mass is 276 g/mol. The smallest absolute Gasteiger partial charge is 0.309 e. The summed E-state index contributed by atoms with van der Waals surface area (Å²) in [6.45, 7) is 3.26. The molecule has 0 aliphatic carbocycles. The van der Waals surface area contributed by atoms with E-state index in [1.165, 1.54) is 12.8 Å². The van der Waals surface area contributed by atoms with Crippen LogP contribution in [0.25, 0.3) is 0 Å². The minimum Gasteiger partial charge on any atom is -0.460 e. The second-order valence-corrected chi connectivity index (χ2v) is 5.49. The van der Waals surface area contributed by atoms with Gasteiger partial charge >= 0.3 is 5.97 Å². The van der Waals surface area contributed by atoms with Gasteiger partial charge in [-0.05, 0) is 18.4 Å². The molecule has 0 spiro atoms. The van der Waals surface area contributed by atoms with Gasteiger partial charge in [-0.25, -0.2) is 0 Å². The van der Waals surface area contributed by atoms with Gasteiger partial charge in [-0.1, -0.05) is 56.5 Å². The molecule has 20 heavy (non-hydrogen) atoms. The van der Waals surface area contributed by atoms with E-state index < -0.39 is 0 Å². The van der Waals surface area contributed by atoms with Crippen molar-refractivity contribution in [1.82, 2.24) is 0 Å². The molecule has 1 fully saturated rings. The van der Waals surface area contributed by atoms with E-state index in [0.29, 0.717) is 13.2 Å². The Morgan fingerprint density at radius 2 is 2.05 bits per heavy atom. The summed E-state index contributed by atoms with van der Waals surface area (Å²) in [5, 5.41) is 0. The molecule has 0 bridgehead atoms. The van der Waals surface area contributed by atoms with Gasteiger partial charge in [0.25, 0.3) is 0 Å². The number of esters is 1. The highest BCUT2D eigenvalue weighted by molar-refractivity contribution is 5.74. The van der Waals surface area contributed by atoms with Gasteiger partial charge in [0.2, 0.25) is 0 Å². The van der Waals surface area contributed by atoms with Gasteiger partial charge in [0, 0.05) is 0 Å². The molecular weight excluding hydrogens is 252 g/mol. The summed E-state index contributed by atoms with van der Waals surface area (Å²) in [5.41, 5.74) is 1.15. The predicted molar refractivity (Wildman–Crippen MR) is 78.2 cm³/mol. The topological polar surface area (TPSA) is 35.5 Å². The van der Waals surface area contributed by atoms with Gasteiger partial charge < -0.3 is 9.47 Å². The third-order valence-corrected chi connectivity index (χ3v) is 3.73. The molecule has 0 N–H and O–H groups in total. The first kappa shape index (κ1) is 15.0. The number of carbonyl (C=O) groups excluding carboxylic acids is 1. The Hall–Kier alpha value is -1.35. The lowest BCUT2D eigenvalue weighted by Gasteiger charge is -2.09. The fraction of sp³-hybridized carbons (Fsp3) is 0.588. The zero-order valence-corrected chi connectivity index (χ0v) is 12.2. The standard InChI is InChI=1S/C17H24O3/c1-2-3-5-10-15-11-16(20-17(15)18)13-19-12-14-8-6-4-7-9-14/h4,6-9,15-16H,2-3,5,10-13H2,1H3/t15-,16-/m1/s1. The third kappa shape index (κ3) is 4.64. The molecule has 0 unspecified atom stereocenters. The van der Waals surface area contributed by atoms with E-state index in [0.717, 1.165) is 24.8 Å². The lowest BCUT2D eigenvalue weighted by Crippen LogP contribution is -2.14. The summed E-state index contributed by atoms with van der Waals surface area (Å²) in [4.78, 5) is 11.7. The number of ether oxygens (including phenoxy) is 2. The Bertz CT molecular complexity index is 402. The van der Waals surface area contributed by atoms with E-state index in [-0.39, 0.29) is 18.0 Å². The molecule has 1 saturated heterocycles. The number of rotatable bonds is 8. The van der Waals surface area contributed by atoms with Crippen LogP contribution < -0.4 is 0 Å². The molecule has 3 heteroatoms. The highest BCUT2D eigenvalue weighted by Gasteiger charge is 2.33. The molecule has 0 saturated carbocycles. The summed E-state index contributed by atoms with van der Waals surface area (Å²) in [7, 11) is 0. The van der Waals surface area contributed by atoms with E-state index in [1.54, 1.807) is 0 Å². The van der Waals surface area contributed by atoms with Crippen LogP contribution in [0.5, 0.6) is 0 Å². The van der Waals surface area contributed by atoms with E-state index in [1.807, 2.05) is 30.3 Å². The molecule has 1 heterocycles. The number of hydrogen-bond donors (Lipinski definition) is 0. The van der Waals surface area contributed by atoms with Crippen LogP contribution in [0.15, 0.2) is 30.3 Å². The molecule has 0 aromatic heterocycles. The molecule has 0 radical (unpaired) electrons. The highest BCUT2D eigenvalue weighted by atomic mass is 16.6. The summed E-state index contributed by atoms with van der Waals surface area (Å²) < 4.78 is 11.0. The molecule has 3 nitrogen and oxygen atoms in total. The van der Waals surface area contributed by atoms with Crippen molar-refractivity contribution in [1.29, 1.82) is 0 Å². The maximum atomic E-state index is 11.7. The molecule has 0 amide bonds. The second-order valence-electron chi connectivity index (χ2n) is 5.49. The van der Waals surface area contributed by atoms with Crippen molar-refractivity contribution in [3.8, 4) is 0 Å². The van der Waals surface area contributed by atoms with Crippen molar-refractivity contribution in [2.75, 3.05) is 6.61 Å². The van der Waals surface area contributed by atoms with Crippen LogP contribution in [-0.2, 0) is 20.9 Å². The summed E-state index contributed by atoms with van der Waals surface area (Å²) >= 11 is 0. The lowest BCUT2D eigenvalue weighted by molar-refractivity contribution is -0.146. The van der Waals surface area contributed by atoms with E-state index in [9.17, 15) is 4.79 Å². The maximum Gasteiger partial charge on any atom is 0.309 e. The van der Waals surface area contributed by atoms with Crippen molar-refractivity contribution < 1.29 is 14.3 Å². The van der Waals surface area contributed by atoms with E-state index in [2.05, 4.69) is 6.92 Å². The van der Waals surface area contributed by atoms with Crippen LogP contribution in [0.2, 0.25) is 0 Å². The first-order valence-corrected chi connectivity index (χ1v) is 7.61. The summed E-state index contributed by atoms with van der Waals surface area (Å²) in [5.74, 6) is 0.0567. The van der Waals surface area contributed by atoms with Crippen LogP contribution >= 0.6 is 0 Å². The second kappa shape index (κ2) is 8.05. The Morgan fingerprint density at radius 3 is 2.80 bits per heavy atom. The Balaban J connectivity index is 1.66. The van der Waals surface area contributed by atoms with Crippen LogP contribution in [0.3, 0.4) is 0 Å². The molecule has 110 valence electrons. The number of cyclic esters (lactones) is 1. The van der Waals surface area contributed by atoms with Crippen molar-refractivity contribution >= 4 is 5.97 Å². The molecule has 2 atom stereocenters.